The minimum absolute atomic E-state index is 0.144. The topological polar surface area (TPSA) is 87.2 Å². The van der Waals surface area contributed by atoms with Crippen LogP contribution in [0.2, 0.25) is 10.0 Å². The Kier molecular flexibility index (Phi) is 7.86. The lowest BCUT2D eigenvalue weighted by atomic mass is 10.1. The van der Waals surface area contributed by atoms with Gasteiger partial charge in [-0.2, -0.15) is 0 Å². The highest BCUT2D eigenvalue weighted by atomic mass is 35.5. The fraction of sp³-hybridized carbons (Fsp3) is 0.360. The van der Waals surface area contributed by atoms with Gasteiger partial charge in [-0.1, -0.05) is 30.1 Å². The molecule has 0 spiro atoms. The molecule has 2 heterocycles. The summed E-state index contributed by atoms with van der Waals surface area (Å²) in [6.07, 6.45) is 0.144. The maximum Gasteiger partial charge on any atom is 0.338 e. The Morgan fingerprint density at radius 1 is 0.943 bits per heavy atom. The number of halogens is 2. The van der Waals surface area contributed by atoms with E-state index in [-0.39, 0.29) is 34.4 Å². The molecule has 2 aromatic carbocycles. The molecule has 0 aliphatic carbocycles. The monoisotopic (exact) mass is 517 g/mol. The standard InChI is InChI=1S/C25H25Cl2N3O5/c1-2-28-9-11-29(12-10-28)21-14-23(32)30(24(21)33)18-6-3-16(4-7-18)25(34)35-15-22(31)17-5-8-19(26)20(27)13-17/h3-8,13,21H,2,9-12,14-15H2,1H3. The molecular weight excluding hydrogens is 493 g/mol. The summed E-state index contributed by atoms with van der Waals surface area (Å²) in [5, 5.41) is 0.552. The van der Waals surface area contributed by atoms with Crippen LogP contribution in [-0.2, 0) is 14.3 Å². The van der Waals surface area contributed by atoms with E-state index in [0.29, 0.717) is 10.7 Å². The van der Waals surface area contributed by atoms with Gasteiger partial charge in [0.25, 0.3) is 5.91 Å². The molecule has 2 saturated heterocycles. The number of amides is 2. The van der Waals surface area contributed by atoms with E-state index in [2.05, 4.69) is 16.7 Å². The molecule has 8 nitrogen and oxygen atoms in total. The number of anilines is 1. The summed E-state index contributed by atoms with van der Waals surface area (Å²) in [6, 6.07) is 9.95. The summed E-state index contributed by atoms with van der Waals surface area (Å²) in [5.74, 6) is -1.63. The van der Waals surface area contributed by atoms with Crippen molar-refractivity contribution in [1.82, 2.24) is 9.80 Å². The molecular formula is C25H25Cl2N3O5. The number of piperazine rings is 1. The molecule has 0 saturated carbocycles. The fourth-order valence-electron chi connectivity index (χ4n) is 4.28. The highest BCUT2D eigenvalue weighted by molar-refractivity contribution is 6.42. The van der Waals surface area contributed by atoms with Gasteiger partial charge in [-0.25, -0.2) is 9.69 Å². The number of carbonyl (C=O) groups is 4. The molecule has 4 rings (SSSR count). The van der Waals surface area contributed by atoms with Crippen LogP contribution in [-0.4, -0.2) is 78.7 Å². The number of Topliss-reactive ketones (excluding diaryl/α,β-unsaturated/α-hetero) is 1. The summed E-state index contributed by atoms with van der Waals surface area (Å²) in [5.41, 5.74) is 0.874. The summed E-state index contributed by atoms with van der Waals surface area (Å²) in [6.45, 7) is 5.85. The summed E-state index contributed by atoms with van der Waals surface area (Å²) in [4.78, 5) is 55.9. The van der Waals surface area contributed by atoms with Gasteiger partial charge in [0.15, 0.2) is 12.4 Å². The van der Waals surface area contributed by atoms with Gasteiger partial charge in [-0.15, -0.1) is 0 Å². The number of rotatable bonds is 7. The van der Waals surface area contributed by atoms with Crippen molar-refractivity contribution in [3.63, 3.8) is 0 Å². The van der Waals surface area contributed by atoms with Crippen LogP contribution in [0.3, 0.4) is 0 Å². The third-order valence-electron chi connectivity index (χ3n) is 6.35. The highest BCUT2D eigenvalue weighted by Gasteiger charge is 2.43. The Labute approximate surface area is 213 Å². The Balaban J connectivity index is 1.36. The summed E-state index contributed by atoms with van der Waals surface area (Å²) in [7, 11) is 0. The molecule has 10 heteroatoms. The predicted octanol–water partition coefficient (Wildman–Crippen LogP) is 3.30. The van der Waals surface area contributed by atoms with E-state index in [9.17, 15) is 19.2 Å². The second kappa shape index (κ2) is 10.9. The SMILES string of the molecule is CCN1CCN(C2CC(=O)N(c3ccc(C(=O)OCC(=O)c4ccc(Cl)c(Cl)c4)cc3)C2=O)CC1. The van der Waals surface area contributed by atoms with Crippen molar-refractivity contribution in [2.24, 2.45) is 0 Å². The van der Waals surface area contributed by atoms with Gasteiger partial charge in [0.2, 0.25) is 5.91 Å². The molecule has 1 unspecified atom stereocenters. The molecule has 0 bridgehead atoms. The van der Waals surface area contributed by atoms with Crippen molar-refractivity contribution in [1.29, 1.82) is 0 Å². The van der Waals surface area contributed by atoms with Crippen LogP contribution < -0.4 is 4.90 Å². The molecule has 0 aromatic heterocycles. The lowest BCUT2D eigenvalue weighted by molar-refractivity contribution is -0.123. The first-order valence-corrected chi connectivity index (χ1v) is 12.1. The molecule has 2 aromatic rings. The van der Waals surface area contributed by atoms with Crippen molar-refractivity contribution in [2.75, 3.05) is 44.2 Å². The smallest absolute Gasteiger partial charge is 0.338 e. The maximum atomic E-state index is 13.0. The van der Waals surface area contributed by atoms with Gasteiger partial charge < -0.3 is 9.64 Å². The Bertz CT molecular complexity index is 1150. The molecule has 2 fully saturated rings. The summed E-state index contributed by atoms with van der Waals surface area (Å²) >= 11 is 11.8. The van der Waals surface area contributed by atoms with E-state index in [4.69, 9.17) is 27.9 Å². The van der Waals surface area contributed by atoms with Crippen LogP contribution in [0.1, 0.15) is 34.1 Å². The normalized spacial score (nSPS) is 19.3. The molecule has 2 aliphatic heterocycles. The minimum atomic E-state index is -0.698. The number of hydrogen-bond acceptors (Lipinski definition) is 7. The van der Waals surface area contributed by atoms with Crippen molar-refractivity contribution in [3.05, 3.63) is 63.6 Å². The first kappa shape index (κ1) is 25.3. The lowest BCUT2D eigenvalue weighted by Crippen LogP contribution is -2.52. The molecule has 0 radical (unpaired) electrons. The maximum absolute atomic E-state index is 13.0. The molecule has 2 amide bonds. The van der Waals surface area contributed by atoms with E-state index in [1.54, 1.807) is 0 Å². The van der Waals surface area contributed by atoms with E-state index in [1.807, 2.05) is 0 Å². The highest BCUT2D eigenvalue weighted by Crippen LogP contribution is 2.27. The van der Waals surface area contributed by atoms with Crippen LogP contribution in [0.15, 0.2) is 42.5 Å². The Morgan fingerprint density at radius 2 is 1.60 bits per heavy atom. The number of imide groups is 1. The average Bonchev–Trinajstić information content (AvgIpc) is 3.17. The third kappa shape index (κ3) is 5.56. The van der Waals surface area contributed by atoms with Gasteiger partial charge in [-0.3, -0.25) is 19.3 Å². The summed E-state index contributed by atoms with van der Waals surface area (Å²) < 4.78 is 5.11. The van der Waals surface area contributed by atoms with Crippen molar-refractivity contribution in [2.45, 2.75) is 19.4 Å². The van der Waals surface area contributed by atoms with Crippen LogP contribution in [0, 0.1) is 0 Å². The molecule has 184 valence electrons. The zero-order valence-corrected chi connectivity index (χ0v) is 20.7. The predicted molar refractivity (Wildman–Crippen MR) is 132 cm³/mol. The second-order valence-electron chi connectivity index (χ2n) is 8.43. The Hall–Kier alpha value is -2.78. The van der Waals surface area contributed by atoms with Crippen molar-refractivity contribution in [3.8, 4) is 0 Å². The number of esters is 1. The minimum Gasteiger partial charge on any atom is -0.454 e. The molecule has 2 aliphatic rings. The van der Waals surface area contributed by atoms with Crippen LogP contribution in [0.25, 0.3) is 0 Å². The third-order valence-corrected chi connectivity index (χ3v) is 7.09. The van der Waals surface area contributed by atoms with Crippen molar-refractivity contribution < 1.29 is 23.9 Å². The van der Waals surface area contributed by atoms with E-state index in [0.717, 1.165) is 32.7 Å². The first-order valence-electron chi connectivity index (χ1n) is 11.4. The van der Waals surface area contributed by atoms with Crippen LogP contribution in [0.5, 0.6) is 0 Å². The zero-order chi connectivity index (χ0) is 25.1. The molecule has 35 heavy (non-hydrogen) atoms. The number of ketones is 1. The molecule has 0 N–H and O–H groups in total. The van der Waals surface area contributed by atoms with Gasteiger partial charge >= 0.3 is 5.97 Å². The van der Waals surface area contributed by atoms with Gasteiger partial charge in [0, 0.05) is 31.7 Å². The second-order valence-corrected chi connectivity index (χ2v) is 9.25. The van der Waals surface area contributed by atoms with Gasteiger partial charge in [-0.05, 0) is 49.0 Å². The first-order chi connectivity index (χ1) is 16.8. The van der Waals surface area contributed by atoms with Crippen LogP contribution >= 0.6 is 23.2 Å². The number of nitrogens with zero attached hydrogens (tertiary/aromatic N) is 3. The van der Waals surface area contributed by atoms with Gasteiger partial charge in [0.1, 0.15) is 0 Å². The number of carbonyl (C=O) groups excluding carboxylic acids is 4. The van der Waals surface area contributed by atoms with E-state index in [1.165, 1.54) is 47.4 Å². The Morgan fingerprint density at radius 3 is 2.23 bits per heavy atom. The number of ether oxygens (including phenoxy) is 1. The van der Waals surface area contributed by atoms with Crippen molar-refractivity contribution >= 4 is 52.5 Å². The number of benzene rings is 2. The quantitative estimate of drug-likeness (QED) is 0.316. The fourth-order valence-corrected chi connectivity index (χ4v) is 4.58. The van der Waals surface area contributed by atoms with Gasteiger partial charge in [0.05, 0.1) is 33.8 Å². The lowest BCUT2D eigenvalue weighted by Gasteiger charge is -2.36. The average molecular weight is 518 g/mol. The largest absolute Gasteiger partial charge is 0.454 e. The number of likely N-dealkylation sites (N-methyl/N-ethyl adjacent to an activating group) is 1. The van der Waals surface area contributed by atoms with Crippen LogP contribution in [0.4, 0.5) is 5.69 Å². The molecule has 1 atom stereocenters. The van der Waals surface area contributed by atoms with E-state index >= 15 is 0 Å². The number of hydrogen-bond donors (Lipinski definition) is 0. The zero-order valence-electron chi connectivity index (χ0n) is 19.2. The van der Waals surface area contributed by atoms with E-state index < -0.39 is 24.4 Å².